The topological polar surface area (TPSA) is 9.23 Å². The third kappa shape index (κ3) is 3.13. The van der Waals surface area contributed by atoms with Crippen LogP contribution in [0.2, 0.25) is 0 Å². The van der Waals surface area contributed by atoms with Crippen LogP contribution < -0.4 is 0 Å². The Morgan fingerprint density at radius 3 is 1.94 bits per heavy atom. The average molecular weight is 248 g/mol. The third-order valence-electron chi connectivity index (χ3n) is 2.33. The Hall–Kier alpha value is -0.720. The van der Waals surface area contributed by atoms with E-state index in [-0.39, 0.29) is 12.8 Å². The molecule has 94 valence electrons. The predicted octanol–water partition coefficient (Wildman–Crippen LogP) is 4.30. The number of hydrogen-bond acceptors (Lipinski definition) is 1. The summed E-state index contributed by atoms with van der Waals surface area (Å²) in [6, 6.07) is 0. The highest BCUT2D eigenvalue weighted by Crippen LogP contribution is 2.41. The van der Waals surface area contributed by atoms with Gasteiger partial charge in [0.25, 0.3) is 5.83 Å². The second-order valence-corrected chi connectivity index (χ2v) is 3.64. The molecule has 0 atom stereocenters. The van der Waals surface area contributed by atoms with Crippen molar-refractivity contribution in [2.75, 3.05) is 0 Å². The molecule has 0 aromatic rings. The summed E-state index contributed by atoms with van der Waals surface area (Å²) < 4.78 is 78.1. The number of ether oxygens (including phenoxy) is 1. The minimum atomic E-state index is -4.91. The fourth-order valence-corrected chi connectivity index (χ4v) is 1.57. The first-order valence-corrected chi connectivity index (χ1v) is 4.75. The van der Waals surface area contributed by atoms with E-state index in [9.17, 15) is 26.3 Å². The lowest BCUT2D eigenvalue weighted by atomic mass is 9.95. The van der Waals surface area contributed by atoms with Crippen LogP contribution >= 0.6 is 0 Å². The number of halogens is 6. The van der Waals surface area contributed by atoms with Gasteiger partial charge in [-0.1, -0.05) is 6.42 Å². The highest BCUT2D eigenvalue weighted by molar-refractivity contribution is 5.00. The number of rotatable bonds is 3. The molecule has 0 N–H and O–H groups in total. The summed E-state index contributed by atoms with van der Waals surface area (Å²) in [4.78, 5) is 0. The first kappa shape index (κ1) is 13.3. The van der Waals surface area contributed by atoms with Crippen molar-refractivity contribution in [3.05, 3.63) is 11.9 Å². The Kier molecular flexibility index (Phi) is 3.88. The van der Waals surface area contributed by atoms with Crippen molar-refractivity contribution in [3.63, 3.8) is 0 Å². The lowest BCUT2D eigenvalue weighted by molar-refractivity contribution is -0.326. The maximum absolute atomic E-state index is 13.6. The van der Waals surface area contributed by atoms with Gasteiger partial charge in [0.1, 0.15) is 0 Å². The van der Waals surface area contributed by atoms with Crippen molar-refractivity contribution in [2.24, 2.45) is 0 Å². The maximum atomic E-state index is 13.6. The van der Waals surface area contributed by atoms with Gasteiger partial charge in [0.2, 0.25) is 5.85 Å². The standard InChI is InChI=1S/C9H10F6O/c10-6(7(11)12)9(14,15)16-8(13)4-2-1-3-5-8/h1-5H2. The van der Waals surface area contributed by atoms with E-state index in [0.29, 0.717) is 19.3 Å². The smallest absolute Gasteiger partial charge is 0.277 e. The zero-order valence-corrected chi connectivity index (χ0v) is 8.21. The Labute approximate surface area is 88.1 Å². The normalized spacial score (nSPS) is 20.6. The molecule has 16 heavy (non-hydrogen) atoms. The molecule has 1 aliphatic carbocycles. The van der Waals surface area contributed by atoms with Crippen molar-refractivity contribution in [1.29, 1.82) is 0 Å². The molecular weight excluding hydrogens is 238 g/mol. The van der Waals surface area contributed by atoms with Gasteiger partial charge in [-0.3, -0.25) is 4.74 Å². The van der Waals surface area contributed by atoms with Gasteiger partial charge in [0, 0.05) is 12.8 Å². The van der Waals surface area contributed by atoms with E-state index >= 15 is 0 Å². The Bertz CT molecular complexity index is 278. The average Bonchev–Trinajstić information content (AvgIpc) is 2.15. The van der Waals surface area contributed by atoms with Crippen LogP contribution in [0.4, 0.5) is 26.3 Å². The van der Waals surface area contributed by atoms with E-state index in [0.717, 1.165) is 0 Å². The zero-order valence-electron chi connectivity index (χ0n) is 8.21. The largest absolute Gasteiger partial charge is 0.417 e. The molecule has 7 heteroatoms. The molecule has 0 spiro atoms. The van der Waals surface area contributed by atoms with Crippen LogP contribution in [-0.4, -0.2) is 12.0 Å². The highest BCUT2D eigenvalue weighted by atomic mass is 19.3. The molecule has 0 radical (unpaired) electrons. The van der Waals surface area contributed by atoms with Crippen molar-refractivity contribution >= 4 is 0 Å². The van der Waals surface area contributed by atoms with Gasteiger partial charge in [0.05, 0.1) is 0 Å². The molecule has 1 nitrogen and oxygen atoms in total. The van der Waals surface area contributed by atoms with E-state index in [4.69, 9.17) is 0 Å². The second-order valence-electron chi connectivity index (χ2n) is 3.64. The first-order valence-electron chi connectivity index (χ1n) is 4.75. The fraction of sp³-hybridized carbons (Fsp3) is 0.778. The SMILES string of the molecule is FC(F)=C(F)C(F)(F)OC1(F)CCCCC1. The van der Waals surface area contributed by atoms with Gasteiger partial charge in [-0.15, -0.1) is 0 Å². The van der Waals surface area contributed by atoms with Crippen molar-refractivity contribution < 1.29 is 31.1 Å². The van der Waals surface area contributed by atoms with Gasteiger partial charge in [0.15, 0.2) is 0 Å². The van der Waals surface area contributed by atoms with Crippen molar-refractivity contribution in [1.82, 2.24) is 0 Å². The molecule has 1 saturated carbocycles. The first-order chi connectivity index (χ1) is 7.27. The third-order valence-corrected chi connectivity index (χ3v) is 2.33. The molecule has 0 saturated heterocycles. The summed E-state index contributed by atoms with van der Waals surface area (Å²) in [5, 5.41) is 0. The fourth-order valence-electron chi connectivity index (χ4n) is 1.57. The van der Waals surface area contributed by atoms with Crippen molar-refractivity contribution in [2.45, 2.75) is 44.1 Å². The van der Waals surface area contributed by atoms with Gasteiger partial charge in [-0.2, -0.15) is 22.0 Å². The van der Waals surface area contributed by atoms with E-state index in [2.05, 4.69) is 4.74 Å². The molecule has 1 aliphatic rings. The van der Waals surface area contributed by atoms with Gasteiger partial charge < -0.3 is 0 Å². The van der Waals surface area contributed by atoms with Gasteiger partial charge >= 0.3 is 12.2 Å². The van der Waals surface area contributed by atoms with Crippen LogP contribution in [-0.2, 0) is 4.74 Å². The van der Waals surface area contributed by atoms with E-state index < -0.39 is 23.9 Å². The summed E-state index contributed by atoms with van der Waals surface area (Å²) >= 11 is 0. The molecule has 0 aromatic carbocycles. The summed E-state index contributed by atoms with van der Waals surface area (Å²) in [7, 11) is 0. The quantitative estimate of drug-likeness (QED) is 0.676. The van der Waals surface area contributed by atoms with Crippen LogP contribution in [0.15, 0.2) is 11.9 Å². The monoisotopic (exact) mass is 248 g/mol. The Morgan fingerprint density at radius 1 is 1.00 bits per heavy atom. The summed E-state index contributed by atoms with van der Waals surface area (Å²) in [5.74, 6) is -5.76. The Morgan fingerprint density at radius 2 is 1.50 bits per heavy atom. The van der Waals surface area contributed by atoms with Crippen molar-refractivity contribution in [3.8, 4) is 0 Å². The minimum Gasteiger partial charge on any atom is -0.277 e. The molecule has 0 aliphatic heterocycles. The summed E-state index contributed by atoms with van der Waals surface area (Å²) in [5.41, 5.74) is 0. The van der Waals surface area contributed by atoms with Gasteiger partial charge in [-0.25, -0.2) is 4.39 Å². The van der Waals surface area contributed by atoms with E-state index in [1.807, 2.05) is 0 Å². The predicted molar refractivity (Wildman–Crippen MR) is 43.3 cm³/mol. The van der Waals surface area contributed by atoms with Crippen LogP contribution in [0.5, 0.6) is 0 Å². The molecule has 1 rings (SSSR count). The Balaban J connectivity index is 2.75. The molecule has 0 bridgehead atoms. The van der Waals surface area contributed by atoms with E-state index in [1.165, 1.54) is 0 Å². The van der Waals surface area contributed by atoms with Crippen LogP contribution in [0.25, 0.3) is 0 Å². The number of hydrogen-bond donors (Lipinski definition) is 0. The van der Waals surface area contributed by atoms with Gasteiger partial charge in [-0.05, 0) is 12.8 Å². The summed E-state index contributed by atoms with van der Waals surface area (Å²) in [6.07, 6.45) is -7.55. The molecule has 0 aromatic heterocycles. The highest BCUT2D eigenvalue weighted by Gasteiger charge is 2.49. The lowest BCUT2D eigenvalue weighted by Gasteiger charge is -2.31. The minimum absolute atomic E-state index is 0.302. The van der Waals surface area contributed by atoms with Crippen LogP contribution in [0, 0.1) is 0 Å². The lowest BCUT2D eigenvalue weighted by Crippen LogP contribution is -2.38. The summed E-state index contributed by atoms with van der Waals surface area (Å²) in [6.45, 7) is 0. The van der Waals surface area contributed by atoms with E-state index in [1.54, 1.807) is 0 Å². The number of alkyl halides is 3. The second kappa shape index (κ2) is 4.65. The molecule has 0 amide bonds. The molecule has 0 unspecified atom stereocenters. The zero-order chi connectivity index (χ0) is 12.4. The van der Waals surface area contributed by atoms with Crippen LogP contribution in [0.1, 0.15) is 32.1 Å². The molecule has 1 fully saturated rings. The molecular formula is C9H10F6O. The maximum Gasteiger partial charge on any atom is 0.417 e. The van der Waals surface area contributed by atoms with Crippen LogP contribution in [0.3, 0.4) is 0 Å². The molecule has 0 heterocycles.